The molecule has 1 rings (SSSR count). The molecule has 0 bridgehead atoms. The SMILES string of the molecule is CCC(CC)(CN)N1CCSCC1S(C)(=O)=O. The van der Waals surface area contributed by atoms with E-state index in [9.17, 15) is 8.42 Å². The maximum atomic E-state index is 11.9. The van der Waals surface area contributed by atoms with E-state index in [0.29, 0.717) is 12.3 Å². The third kappa shape index (κ3) is 3.16. The van der Waals surface area contributed by atoms with E-state index in [4.69, 9.17) is 5.73 Å². The third-order valence-electron chi connectivity index (χ3n) is 3.88. The zero-order valence-electron chi connectivity index (χ0n) is 11.0. The van der Waals surface area contributed by atoms with E-state index in [1.165, 1.54) is 6.26 Å². The monoisotopic (exact) mass is 280 g/mol. The van der Waals surface area contributed by atoms with Crippen LogP contribution in [0.2, 0.25) is 0 Å². The van der Waals surface area contributed by atoms with Gasteiger partial charge in [0.15, 0.2) is 9.84 Å². The Morgan fingerprint density at radius 2 is 2.00 bits per heavy atom. The number of rotatable bonds is 5. The Bertz CT molecular complexity index is 331. The lowest BCUT2D eigenvalue weighted by molar-refractivity contribution is 0.0809. The molecule has 0 saturated carbocycles. The minimum atomic E-state index is -3.04. The normalized spacial score (nSPS) is 23.9. The van der Waals surface area contributed by atoms with E-state index < -0.39 is 9.84 Å². The first-order valence-electron chi connectivity index (χ1n) is 6.14. The molecule has 0 aromatic carbocycles. The lowest BCUT2D eigenvalue weighted by Gasteiger charge is -2.48. The van der Waals surface area contributed by atoms with E-state index >= 15 is 0 Å². The summed E-state index contributed by atoms with van der Waals surface area (Å²) in [5.74, 6) is 1.66. The molecule has 1 heterocycles. The quantitative estimate of drug-likeness (QED) is 0.811. The lowest BCUT2D eigenvalue weighted by Crippen LogP contribution is -2.61. The minimum absolute atomic E-state index is 0.158. The first-order chi connectivity index (χ1) is 7.91. The summed E-state index contributed by atoms with van der Waals surface area (Å²) in [6.07, 6.45) is 3.14. The zero-order chi connectivity index (χ0) is 13.1. The molecular weight excluding hydrogens is 256 g/mol. The molecule has 0 spiro atoms. The molecule has 1 atom stereocenters. The Kier molecular flexibility index (Phi) is 5.31. The highest BCUT2D eigenvalue weighted by atomic mass is 32.2. The van der Waals surface area contributed by atoms with Crippen LogP contribution in [0.1, 0.15) is 26.7 Å². The average molecular weight is 280 g/mol. The summed E-state index contributed by atoms with van der Waals surface area (Å²) in [4.78, 5) is 2.14. The Balaban J connectivity index is 3.06. The molecule has 1 unspecified atom stereocenters. The highest BCUT2D eigenvalue weighted by Crippen LogP contribution is 2.31. The maximum absolute atomic E-state index is 11.9. The smallest absolute Gasteiger partial charge is 0.164 e. The minimum Gasteiger partial charge on any atom is -0.329 e. The Hall–Kier alpha value is 0.220. The van der Waals surface area contributed by atoms with Gasteiger partial charge in [-0.3, -0.25) is 4.90 Å². The second-order valence-electron chi connectivity index (χ2n) is 4.69. The van der Waals surface area contributed by atoms with Crippen molar-refractivity contribution < 1.29 is 8.42 Å². The number of hydrogen-bond acceptors (Lipinski definition) is 5. The summed E-state index contributed by atoms with van der Waals surface area (Å²) in [6.45, 7) is 5.53. The van der Waals surface area contributed by atoms with Gasteiger partial charge in [0.25, 0.3) is 0 Å². The molecular formula is C11H24N2O2S2. The highest BCUT2D eigenvalue weighted by molar-refractivity contribution is 8.00. The second kappa shape index (κ2) is 5.91. The van der Waals surface area contributed by atoms with Gasteiger partial charge in [0, 0.05) is 36.4 Å². The van der Waals surface area contributed by atoms with E-state index in [-0.39, 0.29) is 10.9 Å². The van der Waals surface area contributed by atoms with Crippen molar-refractivity contribution in [3.05, 3.63) is 0 Å². The van der Waals surface area contributed by atoms with Crippen LogP contribution in [0, 0.1) is 0 Å². The Morgan fingerprint density at radius 3 is 2.41 bits per heavy atom. The van der Waals surface area contributed by atoms with E-state index in [1.807, 2.05) is 0 Å². The van der Waals surface area contributed by atoms with E-state index in [2.05, 4.69) is 18.7 Å². The van der Waals surface area contributed by atoms with E-state index in [0.717, 1.165) is 25.1 Å². The van der Waals surface area contributed by atoms with Gasteiger partial charge in [-0.25, -0.2) is 8.42 Å². The fourth-order valence-electron chi connectivity index (χ4n) is 2.54. The number of nitrogens with two attached hydrogens (primary N) is 1. The number of thioether (sulfide) groups is 1. The predicted molar refractivity (Wildman–Crippen MR) is 75.0 cm³/mol. The van der Waals surface area contributed by atoms with Gasteiger partial charge < -0.3 is 5.73 Å². The second-order valence-corrected chi connectivity index (χ2v) is 8.04. The molecule has 1 saturated heterocycles. The predicted octanol–water partition coefficient (Wildman–Crippen LogP) is 0.923. The summed E-state index contributed by atoms with van der Waals surface area (Å²) >= 11 is 1.72. The first-order valence-corrected chi connectivity index (χ1v) is 9.25. The molecule has 0 radical (unpaired) electrons. The number of hydrogen-bond donors (Lipinski definition) is 1. The van der Waals surface area contributed by atoms with Gasteiger partial charge in [-0.2, -0.15) is 11.8 Å². The van der Waals surface area contributed by atoms with Crippen LogP contribution in [-0.4, -0.2) is 55.1 Å². The molecule has 17 heavy (non-hydrogen) atoms. The van der Waals surface area contributed by atoms with Crippen molar-refractivity contribution in [1.29, 1.82) is 0 Å². The van der Waals surface area contributed by atoms with Crippen molar-refractivity contribution in [1.82, 2.24) is 4.90 Å². The molecule has 1 fully saturated rings. The van der Waals surface area contributed by atoms with E-state index in [1.54, 1.807) is 11.8 Å². The molecule has 102 valence electrons. The highest BCUT2D eigenvalue weighted by Gasteiger charge is 2.42. The molecule has 0 amide bonds. The topological polar surface area (TPSA) is 63.4 Å². The molecule has 2 N–H and O–H groups in total. The van der Waals surface area contributed by atoms with Crippen molar-refractivity contribution in [3.8, 4) is 0 Å². The van der Waals surface area contributed by atoms with Crippen LogP contribution in [0.5, 0.6) is 0 Å². The van der Waals surface area contributed by atoms with Crippen LogP contribution in [-0.2, 0) is 9.84 Å². The van der Waals surface area contributed by atoms with Crippen LogP contribution < -0.4 is 5.73 Å². The molecule has 0 aliphatic carbocycles. The van der Waals surface area contributed by atoms with Crippen LogP contribution in [0.25, 0.3) is 0 Å². The Labute approximate surface area is 109 Å². The van der Waals surface area contributed by atoms with Crippen molar-refractivity contribution in [2.45, 2.75) is 37.6 Å². The summed E-state index contributed by atoms with van der Waals surface area (Å²) < 4.78 is 23.8. The molecule has 6 heteroatoms. The van der Waals surface area contributed by atoms with Gasteiger partial charge >= 0.3 is 0 Å². The number of sulfone groups is 1. The summed E-state index contributed by atoms with van der Waals surface area (Å²) in [5.41, 5.74) is 5.76. The van der Waals surface area contributed by atoms with Crippen molar-refractivity contribution in [2.24, 2.45) is 5.73 Å². The standard InChI is InChI=1S/C11H24N2O2S2/c1-4-11(5-2,9-12)13-6-7-16-8-10(13)17(3,14)15/h10H,4-9,12H2,1-3H3. The Morgan fingerprint density at radius 1 is 1.41 bits per heavy atom. The molecule has 0 aromatic heterocycles. The molecule has 1 aliphatic rings. The largest absolute Gasteiger partial charge is 0.329 e. The van der Waals surface area contributed by atoms with Crippen LogP contribution in [0.15, 0.2) is 0 Å². The van der Waals surface area contributed by atoms with Crippen LogP contribution in [0.4, 0.5) is 0 Å². The van der Waals surface area contributed by atoms with Crippen LogP contribution in [0.3, 0.4) is 0 Å². The number of nitrogens with zero attached hydrogens (tertiary/aromatic N) is 1. The fourth-order valence-corrected chi connectivity index (χ4v) is 5.48. The van der Waals surface area contributed by atoms with Crippen molar-refractivity contribution in [3.63, 3.8) is 0 Å². The first kappa shape index (κ1) is 15.3. The maximum Gasteiger partial charge on any atom is 0.164 e. The van der Waals surface area contributed by atoms with Gasteiger partial charge in [-0.15, -0.1) is 0 Å². The molecule has 4 nitrogen and oxygen atoms in total. The summed E-state index contributed by atoms with van der Waals surface area (Å²) in [5, 5.41) is -0.371. The zero-order valence-corrected chi connectivity index (χ0v) is 12.6. The lowest BCUT2D eigenvalue weighted by atomic mass is 9.90. The van der Waals surface area contributed by atoms with Crippen LogP contribution >= 0.6 is 11.8 Å². The van der Waals surface area contributed by atoms with Crippen molar-refractivity contribution in [2.75, 3.05) is 30.9 Å². The van der Waals surface area contributed by atoms with Crippen molar-refractivity contribution >= 4 is 21.6 Å². The van der Waals surface area contributed by atoms with Gasteiger partial charge in [0.1, 0.15) is 5.37 Å². The molecule has 1 aliphatic heterocycles. The fraction of sp³-hybridized carbons (Fsp3) is 1.00. The summed E-state index contributed by atoms with van der Waals surface area (Å²) in [7, 11) is -3.04. The van der Waals surface area contributed by atoms with Gasteiger partial charge in [0.05, 0.1) is 0 Å². The third-order valence-corrected chi connectivity index (χ3v) is 6.53. The average Bonchev–Trinajstić information content (AvgIpc) is 2.31. The van der Waals surface area contributed by atoms with Gasteiger partial charge in [-0.05, 0) is 12.8 Å². The summed E-state index contributed by atoms with van der Waals surface area (Å²) in [6, 6.07) is 0. The molecule has 0 aromatic rings. The van der Waals surface area contributed by atoms with Gasteiger partial charge in [0.2, 0.25) is 0 Å². The van der Waals surface area contributed by atoms with Gasteiger partial charge in [-0.1, -0.05) is 13.8 Å².